The molecule has 0 radical (unpaired) electrons. The van der Waals surface area contributed by atoms with E-state index in [9.17, 15) is 24.0 Å². The number of nitrogens with two attached hydrogens (primary N) is 1. The lowest BCUT2D eigenvalue weighted by molar-refractivity contribution is -0.136. The number of imide groups is 1. The van der Waals surface area contributed by atoms with E-state index in [0.29, 0.717) is 70.1 Å². The van der Waals surface area contributed by atoms with Crippen molar-refractivity contribution in [3.8, 4) is 17.0 Å². The number of piperidine rings is 2. The normalized spacial score (nSPS) is 17.7. The van der Waals surface area contributed by atoms with E-state index in [2.05, 4.69) is 25.9 Å². The Hall–Kier alpha value is -5.57. The number of rotatable bonds is 9. The van der Waals surface area contributed by atoms with Gasteiger partial charge in [0.1, 0.15) is 16.6 Å². The first-order valence-electron chi connectivity index (χ1n) is 17.1. The molecule has 1 atom stereocenters. The van der Waals surface area contributed by atoms with Gasteiger partial charge in [-0.1, -0.05) is 18.2 Å². The number of nitrogen functional groups attached to an aromatic ring is 1. The standard InChI is InChI=1S/C36H38N8O6S/c1-2-38-32(47)28-18-24-30(41-35(37)42-33(24)51-28)21-5-3-6-22(17-21)50-16-13-20-11-14-43(15-12-20)36(49)39-26-8-4-7-23-25(26)19-44(34(23)48)27-9-10-29(45)40-31(27)46/h3-8,17-18,20,27H,2,9-16,19H2,1H3,(H,38,47)(H,39,49)(H2,37,41,42)(H,40,45,46). The summed E-state index contributed by atoms with van der Waals surface area (Å²) in [4.78, 5) is 76.2. The highest BCUT2D eigenvalue weighted by atomic mass is 32.1. The Balaban J connectivity index is 0.917. The van der Waals surface area contributed by atoms with E-state index < -0.39 is 11.9 Å². The number of anilines is 2. The molecule has 3 aliphatic heterocycles. The summed E-state index contributed by atoms with van der Waals surface area (Å²) >= 11 is 1.28. The second kappa shape index (κ2) is 14.3. The first kappa shape index (κ1) is 33.9. The number of hydrogen-bond donors (Lipinski definition) is 4. The minimum atomic E-state index is -0.720. The van der Waals surface area contributed by atoms with E-state index in [1.807, 2.05) is 31.2 Å². The quantitative estimate of drug-likeness (QED) is 0.185. The fourth-order valence-electron chi connectivity index (χ4n) is 6.92. The molecular formula is C36H38N8O6S. The number of amides is 6. The number of hydrogen-bond acceptors (Lipinski definition) is 10. The van der Waals surface area contributed by atoms with Crippen molar-refractivity contribution < 1.29 is 28.7 Å². The summed E-state index contributed by atoms with van der Waals surface area (Å²) in [5, 5.41) is 8.88. The van der Waals surface area contributed by atoms with Crippen molar-refractivity contribution in [3.63, 3.8) is 0 Å². The van der Waals surface area contributed by atoms with Crippen LogP contribution in [0, 0.1) is 5.92 Å². The summed E-state index contributed by atoms with van der Waals surface area (Å²) in [6.07, 6.45) is 2.94. The van der Waals surface area contributed by atoms with Crippen LogP contribution < -0.4 is 26.4 Å². The van der Waals surface area contributed by atoms with Gasteiger partial charge in [0.05, 0.1) is 17.2 Å². The average Bonchev–Trinajstić information content (AvgIpc) is 3.70. The van der Waals surface area contributed by atoms with Crippen molar-refractivity contribution in [1.82, 2.24) is 30.4 Å². The van der Waals surface area contributed by atoms with Crippen LogP contribution in [0.15, 0.2) is 48.5 Å². The van der Waals surface area contributed by atoms with Crippen LogP contribution in [-0.4, -0.2) is 81.7 Å². The molecule has 7 rings (SSSR count). The topological polar surface area (TPSA) is 189 Å². The third-order valence-corrected chi connectivity index (χ3v) is 10.6. The monoisotopic (exact) mass is 710 g/mol. The Morgan fingerprint density at radius 1 is 1.06 bits per heavy atom. The molecule has 2 aromatic carbocycles. The second-order valence-electron chi connectivity index (χ2n) is 12.9. The number of urea groups is 1. The molecule has 14 nitrogen and oxygen atoms in total. The van der Waals surface area contributed by atoms with Crippen molar-refractivity contribution in [3.05, 3.63) is 64.5 Å². The van der Waals surface area contributed by atoms with Crippen LogP contribution in [-0.2, 0) is 16.1 Å². The lowest BCUT2D eigenvalue weighted by atomic mass is 9.94. The zero-order chi connectivity index (χ0) is 35.6. The van der Waals surface area contributed by atoms with Gasteiger partial charge in [-0.25, -0.2) is 14.8 Å². The summed E-state index contributed by atoms with van der Waals surface area (Å²) in [6.45, 7) is 4.27. The lowest BCUT2D eigenvalue weighted by Crippen LogP contribution is -2.52. The van der Waals surface area contributed by atoms with Crippen molar-refractivity contribution in [2.45, 2.75) is 51.6 Å². The molecule has 51 heavy (non-hydrogen) atoms. The maximum atomic E-state index is 13.3. The van der Waals surface area contributed by atoms with Gasteiger partial charge in [-0.05, 0) is 68.9 Å². The Kier molecular flexibility index (Phi) is 9.54. The zero-order valence-electron chi connectivity index (χ0n) is 28.1. The van der Waals surface area contributed by atoms with Crippen molar-refractivity contribution in [1.29, 1.82) is 0 Å². The molecule has 0 spiro atoms. The highest BCUT2D eigenvalue weighted by Crippen LogP contribution is 2.35. The smallest absolute Gasteiger partial charge is 0.321 e. The number of ether oxygens (including phenoxy) is 1. The molecule has 5 N–H and O–H groups in total. The highest BCUT2D eigenvalue weighted by Gasteiger charge is 2.40. The summed E-state index contributed by atoms with van der Waals surface area (Å²) in [5.41, 5.74) is 9.14. The second-order valence-corrected chi connectivity index (χ2v) is 13.9. The number of aromatic nitrogens is 2. The molecule has 264 valence electrons. The lowest BCUT2D eigenvalue weighted by Gasteiger charge is -2.32. The van der Waals surface area contributed by atoms with Crippen molar-refractivity contribution in [2.75, 3.05) is 37.3 Å². The number of likely N-dealkylation sites (tertiary alicyclic amines) is 1. The van der Waals surface area contributed by atoms with Gasteiger partial charge < -0.3 is 30.9 Å². The zero-order valence-corrected chi connectivity index (χ0v) is 28.9. The van der Waals surface area contributed by atoms with Gasteiger partial charge in [0.2, 0.25) is 17.8 Å². The molecule has 15 heteroatoms. The van der Waals surface area contributed by atoms with E-state index in [1.54, 1.807) is 29.2 Å². The van der Waals surface area contributed by atoms with E-state index in [4.69, 9.17) is 10.5 Å². The minimum Gasteiger partial charge on any atom is -0.494 e. The summed E-state index contributed by atoms with van der Waals surface area (Å²) in [5.74, 6) is -0.0393. The number of carbonyl (C=O) groups is 5. The van der Waals surface area contributed by atoms with Gasteiger partial charge in [-0.2, -0.15) is 0 Å². The van der Waals surface area contributed by atoms with E-state index >= 15 is 0 Å². The SMILES string of the molecule is CCNC(=O)c1cc2c(-c3cccc(OCCC4CCN(C(=O)Nc5cccc6c5CN(C5CCC(=O)NC5=O)C6=O)CC4)c3)nc(N)nc2s1. The first-order valence-corrected chi connectivity index (χ1v) is 17.9. The highest BCUT2D eigenvalue weighted by molar-refractivity contribution is 7.20. The first-order chi connectivity index (χ1) is 24.7. The number of fused-ring (bicyclic) bond motifs is 2. The largest absolute Gasteiger partial charge is 0.494 e. The van der Waals surface area contributed by atoms with Crippen LogP contribution in [0.2, 0.25) is 0 Å². The fourth-order valence-corrected chi connectivity index (χ4v) is 7.87. The van der Waals surface area contributed by atoms with Crippen LogP contribution >= 0.6 is 11.3 Å². The van der Waals surface area contributed by atoms with Crippen LogP contribution in [0.4, 0.5) is 16.4 Å². The van der Waals surface area contributed by atoms with E-state index in [0.717, 1.165) is 30.2 Å². The molecular weight excluding hydrogens is 673 g/mol. The van der Waals surface area contributed by atoms with Gasteiger partial charge in [-0.15, -0.1) is 11.3 Å². The summed E-state index contributed by atoms with van der Waals surface area (Å²) in [7, 11) is 0. The minimum absolute atomic E-state index is 0.132. The van der Waals surface area contributed by atoms with Gasteiger partial charge in [0.25, 0.3) is 11.8 Å². The van der Waals surface area contributed by atoms with Crippen LogP contribution in [0.3, 0.4) is 0 Å². The Labute approximate surface area is 297 Å². The van der Waals surface area contributed by atoms with Crippen LogP contribution in [0.1, 0.15) is 64.6 Å². The Morgan fingerprint density at radius 3 is 2.65 bits per heavy atom. The molecule has 4 aromatic rings. The molecule has 3 aliphatic rings. The molecule has 5 heterocycles. The van der Waals surface area contributed by atoms with Crippen LogP contribution in [0.25, 0.3) is 21.5 Å². The third-order valence-electron chi connectivity index (χ3n) is 9.60. The maximum Gasteiger partial charge on any atom is 0.321 e. The van der Waals surface area contributed by atoms with Crippen molar-refractivity contribution >= 4 is 62.8 Å². The average molecular weight is 711 g/mol. The van der Waals surface area contributed by atoms with Gasteiger partial charge >= 0.3 is 6.03 Å². The molecule has 1 unspecified atom stereocenters. The van der Waals surface area contributed by atoms with Crippen molar-refractivity contribution in [2.24, 2.45) is 5.92 Å². The predicted molar refractivity (Wildman–Crippen MR) is 191 cm³/mol. The maximum absolute atomic E-state index is 13.3. The number of nitrogens with one attached hydrogen (secondary N) is 3. The summed E-state index contributed by atoms with van der Waals surface area (Å²) < 4.78 is 6.16. The van der Waals surface area contributed by atoms with E-state index in [1.165, 1.54) is 16.2 Å². The summed E-state index contributed by atoms with van der Waals surface area (Å²) in [6, 6.07) is 13.7. The molecule has 0 bridgehead atoms. The molecule has 0 aliphatic carbocycles. The van der Waals surface area contributed by atoms with Crippen LogP contribution in [0.5, 0.6) is 5.75 Å². The Morgan fingerprint density at radius 2 is 1.86 bits per heavy atom. The van der Waals surface area contributed by atoms with Gasteiger partial charge in [0.15, 0.2) is 0 Å². The number of thiophene rings is 1. The van der Waals surface area contributed by atoms with Gasteiger partial charge in [0, 0.05) is 60.4 Å². The van der Waals surface area contributed by atoms with E-state index in [-0.39, 0.29) is 49.1 Å². The predicted octanol–water partition coefficient (Wildman–Crippen LogP) is 4.16. The number of benzene rings is 2. The molecule has 6 amide bonds. The molecule has 2 fully saturated rings. The third kappa shape index (κ3) is 7.06. The Bertz CT molecular complexity index is 2040. The molecule has 2 aromatic heterocycles. The van der Waals surface area contributed by atoms with Gasteiger partial charge in [-0.3, -0.25) is 24.5 Å². The fraction of sp³-hybridized carbons (Fsp3) is 0.361. The number of nitrogens with zero attached hydrogens (tertiary/aromatic N) is 4. The molecule has 2 saturated heterocycles. The number of carbonyl (C=O) groups excluding carboxylic acids is 5. The molecule has 0 saturated carbocycles.